The number of nitrogens with one attached hydrogen (secondary N) is 1. The molecule has 0 radical (unpaired) electrons. The molecule has 3 N–H and O–H groups in total. The van der Waals surface area contributed by atoms with Gasteiger partial charge in [0.1, 0.15) is 11.4 Å². The maximum absolute atomic E-state index is 12.9. The molecule has 1 aromatic carbocycles. The van der Waals surface area contributed by atoms with Crippen LogP contribution < -0.4 is 5.32 Å². The summed E-state index contributed by atoms with van der Waals surface area (Å²) < 4.78 is 40.5. The first kappa shape index (κ1) is 23.7. The van der Waals surface area contributed by atoms with Gasteiger partial charge in [0.2, 0.25) is 0 Å². The molecular weight excluding hydrogens is 425 g/mol. The molecule has 1 amide bonds. The minimum absolute atomic E-state index is 0.233. The summed E-state index contributed by atoms with van der Waals surface area (Å²) in [6, 6.07) is 6.34. The van der Waals surface area contributed by atoms with Crippen molar-refractivity contribution in [1.29, 1.82) is 0 Å². The molecule has 0 aliphatic rings. The molecule has 0 saturated carbocycles. The molecule has 0 fully saturated rings. The molecule has 0 saturated heterocycles. The molecule has 32 heavy (non-hydrogen) atoms. The molecule has 0 spiro atoms. The summed E-state index contributed by atoms with van der Waals surface area (Å²) in [4.78, 5) is 16.1. The second-order valence-electron chi connectivity index (χ2n) is 8.81. The van der Waals surface area contributed by atoms with Gasteiger partial charge in [-0.2, -0.15) is 18.3 Å². The van der Waals surface area contributed by atoms with Crippen LogP contribution in [-0.4, -0.2) is 36.5 Å². The van der Waals surface area contributed by atoms with E-state index in [0.717, 1.165) is 12.1 Å². The second kappa shape index (κ2) is 8.18. The van der Waals surface area contributed by atoms with Crippen LogP contribution >= 0.6 is 0 Å². The number of fused-ring (bicyclic) bond motifs is 1. The zero-order chi connectivity index (χ0) is 23.9. The third-order valence-electron chi connectivity index (χ3n) is 4.90. The first-order valence-corrected chi connectivity index (χ1v) is 9.95. The van der Waals surface area contributed by atoms with E-state index in [1.54, 1.807) is 36.9 Å². The quantitative estimate of drug-likeness (QED) is 0.525. The number of aryl methyl sites for hydroxylation is 1. The Morgan fingerprint density at radius 2 is 1.81 bits per heavy atom. The predicted molar refractivity (Wildman–Crippen MR) is 113 cm³/mol. The zero-order valence-corrected chi connectivity index (χ0v) is 18.2. The number of nitrogens with zero attached hydrogens (tertiary/aromatic N) is 3. The number of rotatable bonds is 6. The number of pyridine rings is 1. The fourth-order valence-corrected chi connectivity index (χ4v) is 3.20. The van der Waals surface area contributed by atoms with Crippen LogP contribution in [0.3, 0.4) is 0 Å². The lowest BCUT2D eigenvalue weighted by molar-refractivity contribution is -0.141. The Balaban J connectivity index is 1.98. The van der Waals surface area contributed by atoms with Gasteiger partial charge in [-0.15, -0.1) is 0 Å². The van der Waals surface area contributed by atoms with Crippen molar-refractivity contribution in [3.05, 3.63) is 53.5 Å². The normalized spacial score (nSPS) is 12.9. The van der Waals surface area contributed by atoms with Gasteiger partial charge < -0.3 is 15.5 Å². The molecule has 10 heteroatoms. The number of benzene rings is 1. The fraction of sp³-hybridized carbons (Fsp3) is 0.409. The maximum Gasteiger partial charge on any atom is 0.433 e. The summed E-state index contributed by atoms with van der Waals surface area (Å²) in [6.45, 7) is 6.87. The lowest BCUT2D eigenvalue weighted by Crippen LogP contribution is -2.23. The predicted octanol–water partition coefficient (Wildman–Crippen LogP) is 4.09. The first-order valence-electron chi connectivity index (χ1n) is 9.95. The molecule has 3 rings (SSSR count). The number of halogens is 3. The smallest absolute Gasteiger partial charge is 0.390 e. The van der Waals surface area contributed by atoms with Crippen molar-refractivity contribution >= 4 is 22.5 Å². The third-order valence-corrected chi connectivity index (χ3v) is 4.90. The Morgan fingerprint density at radius 3 is 2.41 bits per heavy atom. The average molecular weight is 450 g/mol. The van der Waals surface area contributed by atoms with Crippen LogP contribution in [-0.2, 0) is 18.3 Å². The molecule has 0 bridgehead atoms. The number of hydrogen-bond donors (Lipinski definition) is 3. The van der Waals surface area contributed by atoms with E-state index in [2.05, 4.69) is 15.4 Å². The summed E-state index contributed by atoms with van der Waals surface area (Å²) >= 11 is 0. The van der Waals surface area contributed by atoms with E-state index < -0.39 is 34.7 Å². The topological polar surface area (TPSA) is 100 Å². The van der Waals surface area contributed by atoms with Crippen molar-refractivity contribution in [3.8, 4) is 0 Å². The van der Waals surface area contributed by atoms with E-state index in [4.69, 9.17) is 0 Å². The Morgan fingerprint density at radius 1 is 1.12 bits per heavy atom. The van der Waals surface area contributed by atoms with Gasteiger partial charge in [0.15, 0.2) is 0 Å². The number of amides is 1. The van der Waals surface area contributed by atoms with Crippen LogP contribution in [0.4, 0.5) is 18.9 Å². The molecule has 0 aliphatic carbocycles. The van der Waals surface area contributed by atoms with Crippen molar-refractivity contribution < 1.29 is 28.2 Å². The second-order valence-corrected chi connectivity index (χ2v) is 8.81. The van der Waals surface area contributed by atoms with E-state index in [9.17, 15) is 28.2 Å². The number of carbonyl (C=O) groups excluding carboxylic acids is 1. The van der Waals surface area contributed by atoms with Crippen LogP contribution in [0.2, 0.25) is 0 Å². The standard InChI is InChI=1S/C22H25F3N4O3/c1-20(2,31)8-9-29-17-11-14(21(3,4)32)16(10-13(17)12-26-29)28-19(30)15-6-5-7-18(27-15)22(23,24)25/h5-7,10-12,31-32H,8-9H2,1-4H3,(H,28,30). The van der Waals surface area contributed by atoms with Gasteiger partial charge in [-0.05, 0) is 58.4 Å². The lowest BCUT2D eigenvalue weighted by Gasteiger charge is -2.23. The van der Waals surface area contributed by atoms with Gasteiger partial charge in [0.05, 0.1) is 22.9 Å². The maximum atomic E-state index is 12.9. The highest BCUT2D eigenvalue weighted by Crippen LogP contribution is 2.33. The molecule has 0 unspecified atom stereocenters. The summed E-state index contributed by atoms with van der Waals surface area (Å²) in [5, 5.41) is 28.2. The zero-order valence-electron chi connectivity index (χ0n) is 18.2. The molecule has 2 heterocycles. The summed E-state index contributed by atoms with van der Waals surface area (Å²) in [6.07, 6.45) is -2.65. The minimum atomic E-state index is -4.68. The van der Waals surface area contributed by atoms with Crippen molar-refractivity contribution in [2.75, 3.05) is 5.32 Å². The van der Waals surface area contributed by atoms with E-state index in [-0.39, 0.29) is 5.69 Å². The van der Waals surface area contributed by atoms with Crippen molar-refractivity contribution in [2.24, 2.45) is 0 Å². The highest BCUT2D eigenvalue weighted by Gasteiger charge is 2.33. The molecule has 172 valence electrons. The van der Waals surface area contributed by atoms with Gasteiger partial charge >= 0.3 is 6.18 Å². The third kappa shape index (κ3) is 5.43. The van der Waals surface area contributed by atoms with Crippen LogP contribution in [0.25, 0.3) is 10.9 Å². The van der Waals surface area contributed by atoms with Gasteiger partial charge in [0.25, 0.3) is 5.91 Å². The first-order chi connectivity index (χ1) is 14.6. The molecule has 0 atom stereocenters. The highest BCUT2D eigenvalue weighted by molar-refractivity contribution is 6.04. The Labute approximate surface area is 182 Å². The number of aliphatic hydroxyl groups is 2. The Hall–Kier alpha value is -2.98. The number of hydrogen-bond acceptors (Lipinski definition) is 5. The van der Waals surface area contributed by atoms with Crippen molar-refractivity contribution in [1.82, 2.24) is 14.8 Å². The average Bonchev–Trinajstić information content (AvgIpc) is 3.06. The van der Waals surface area contributed by atoms with Crippen molar-refractivity contribution in [2.45, 2.75) is 58.0 Å². The highest BCUT2D eigenvalue weighted by atomic mass is 19.4. The van der Waals surface area contributed by atoms with Gasteiger partial charge in [-0.3, -0.25) is 9.48 Å². The molecular formula is C22H25F3N4O3. The Kier molecular flexibility index (Phi) is 6.05. The molecule has 2 aromatic heterocycles. The number of alkyl halides is 3. The van der Waals surface area contributed by atoms with Crippen LogP contribution in [0, 0.1) is 0 Å². The van der Waals surface area contributed by atoms with Crippen molar-refractivity contribution in [3.63, 3.8) is 0 Å². The molecule has 0 aliphatic heterocycles. The van der Waals surface area contributed by atoms with Gasteiger partial charge in [-0.25, -0.2) is 4.98 Å². The van der Waals surface area contributed by atoms with Gasteiger partial charge in [-0.1, -0.05) is 6.07 Å². The number of anilines is 1. The summed E-state index contributed by atoms with van der Waals surface area (Å²) in [5.41, 5.74) is -2.56. The van der Waals surface area contributed by atoms with Gasteiger partial charge in [0, 0.05) is 23.2 Å². The van der Waals surface area contributed by atoms with E-state index >= 15 is 0 Å². The fourth-order valence-electron chi connectivity index (χ4n) is 3.20. The van der Waals surface area contributed by atoms with E-state index in [1.807, 2.05) is 0 Å². The largest absolute Gasteiger partial charge is 0.433 e. The summed E-state index contributed by atoms with van der Waals surface area (Å²) in [7, 11) is 0. The molecule has 3 aromatic rings. The van der Waals surface area contributed by atoms with Crippen LogP contribution in [0.1, 0.15) is 55.9 Å². The van der Waals surface area contributed by atoms with Crippen LogP contribution in [0.15, 0.2) is 36.5 Å². The summed E-state index contributed by atoms with van der Waals surface area (Å²) in [5.74, 6) is -0.838. The lowest BCUT2D eigenvalue weighted by atomic mass is 9.95. The monoisotopic (exact) mass is 450 g/mol. The van der Waals surface area contributed by atoms with E-state index in [0.29, 0.717) is 29.4 Å². The van der Waals surface area contributed by atoms with E-state index in [1.165, 1.54) is 19.9 Å². The minimum Gasteiger partial charge on any atom is -0.390 e. The molecule has 7 nitrogen and oxygen atoms in total. The SMILES string of the molecule is CC(C)(O)CCn1ncc2cc(NC(=O)c3cccc(C(F)(F)F)n3)c(C(C)(C)O)cc21. The Bertz CT molecular complexity index is 1140. The number of aromatic nitrogens is 3. The van der Waals surface area contributed by atoms with Crippen LogP contribution in [0.5, 0.6) is 0 Å². The number of carbonyl (C=O) groups is 1.